The number of hydrogen-bond donors (Lipinski definition) is 0. The molecule has 2 aliphatic rings. The molecule has 2 aliphatic heterocycles. The van der Waals surface area contributed by atoms with Gasteiger partial charge < -0.3 is 0 Å². The molecule has 2 heterocycles. The fourth-order valence-corrected chi connectivity index (χ4v) is 2.03. The summed E-state index contributed by atoms with van der Waals surface area (Å²) >= 11 is 0. The normalized spacial score (nSPS) is 17.0. The van der Waals surface area contributed by atoms with Gasteiger partial charge in [0.15, 0.2) is 0 Å². The van der Waals surface area contributed by atoms with Crippen LogP contribution in [0.3, 0.4) is 0 Å². The van der Waals surface area contributed by atoms with Crippen molar-refractivity contribution in [1.82, 2.24) is 0 Å². The molecule has 7 nitrogen and oxygen atoms in total. The summed E-state index contributed by atoms with van der Waals surface area (Å²) in [5.74, 6) is 0.453. The van der Waals surface area contributed by atoms with Gasteiger partial charge in [-0.2, -0.15) is 0 Å². The fraction of sp³-hybridized carbons (Fsp3) is 0.182. The van der Waals surface area contributed by atoms with Crippen molar-refractivity contribution in [3.8, 4) is 0 Å². The van der Waals surface area contributed by atoms with Gasteiger partial charge in [-0.25, -0.2) is 0 Å². The van der Waals surface area contributed by atoms with Gasteiger partial charge in [-0.05, 0) is 6.07 Å². The van der Waals surface area contributed by atoms with Gasteiger partial charge in [0.05, 0.1) is 17.2 Å². The summed E-state index contributed by atoms with van der Waals surface area (Å²) in [4.78, 5) is 31.7. The van der Waals surface area contributed by atoms with Crippen molar-refractivity contribution in [1.29, 1.82) is 0 Å². The Morgan fingerprint density at radius 1 is 1.33 bits per heavy atom. The Morgan fingerprint density at radius 3 is 2.94 bits per heavy atom. The molecule has 0 saturated heterocycles. The summed E-state index contributed by atoms with van der Waals surface area (Å²) in [6.07, 6.45) is 1.54. The number of hydrogen-bond acceptors (Lipinski definition) is 5. The third-order valence-electron chi connectivity index (χ3n) is 2.83. The van der Waals surface area contributed by atoms with Gasteiger partial charge in [0.2, 0.25) is 0 Å². The zero-order chi connectivity index (χ0) is 12.7. The second kappa shape index (κ2) is 3.73. The van der Waals surface area contributed by atoms with Crippen molar-refractivity contribution in [2.45, 2.75) is 0 Å². The maximum Gasteiger partial charge on any atom is 0.270 e. The third kappa shape index (κ3) is 1.48. The molecule has 3 rings (SSSR count). The standard InChI is InChI=1S/C11H8N4O3/c16-11-6-13-10-5-12-4-7-3-8(15(17)18)1-2-9(7)14(10)11/h1-4H,5-6H2. The van der Waals surface area contributed by atoms with Crippen LogP contribution in [-0.2, 0) is 4.79 Å². The Balaban J connectivity index is 2.16. The number of benzene rings is 1. The first-order chi connectivity index (χ1) is 8.66. The van der Waals surface area contributed by atoms with Crippen molar-refractivity contribution < 1.29 is 9.72 Å². The first-order valence-corrected chi connectivity index (χ1v) is 5.31. The highest BCUT2D eigenvalue weighted by Gasteiger charge is 2.30. The summed E-state index contributed by atoms with van der Waals surface area (Å²) in [5.41, 5.74) is 1.14. The first kappa shape index (κ1) is 10.6. The highest BCUT2D eigenvalue weighted by molar-refractivity contribution is 6.24. The van der Waals surface area contributed by atoms with Gasteiger partial charge in [-0.1, -0.05) is 0 Å². The molecule has 0 bridgehead atoms. The minimum atomic E-state index is -0.472. The lowest BCUT2D eigenvalue weighted by Gasteiger charge is -2.17. The SMILES string of the molecule is O=C1CN=C2CN=Cc3cc([N+](=O)[O-])ccc3N12. The number of aliphatic imine (C=N–C) groups is 2. The second-order valence-electron chi connectivity index (χ2n) is 3.93. The number of carbonyl (C=O) groups is 1. The van der Waals surface area contributed by atoms with E-state index in [9.17, 15) is 14.9 Å². The molecule has 1 aromatic rings. The molecule has 0 fully saturated rings. The average molecular weight is 244 g/mol. The lowest BCUT2D eigenvalue weighted by molar-refractivity contribution is -0.384. The summed E-state index contributed by atoms with van der Waals surface area (Å²) < 4.78 is 0. The Morgan fingerprint density at radius 2 is 2.17 bits per heavy atom. The van der Waals surface area contributed by atoms with Crippen LogP contribution in [0.1, 0.15) is 5.56 Å². The Hall–Kier alpha value is -2.57. The van der Waals surface area contributed by atoms with Gasteiger partial charge in [0, 0.05) is 23.9 Å². The van der Waals surface area contributed by atoms with Crippen LogP contribution in [-0.4, -0.2) is 36.0 Å². The van der Waals surface area contributed by atoms with E-state index in [2.05, 4.69) is 9.98 Å². The maximum absolute atomic E-state index is 11.8. The van der Waals surface area contributed by atoms with Crippen molar-refractivity contribution >= 4 is 29.3 Å². The van der Waals surface area contributed by atoms with Crippen molar-refractivity contribution in [2.24, 2.45) is 9.98 Å². The van der Waals surface area contributed by atoms with Gasteiger partial charge in [-0.3, -0.25) is 29.8 Å². The number of carbonyl (C=O) groups excluding carboxylic acids is 1. The third-order valence-corrected chi connectivity index (χ3v) is 2.83. The Bertz CT molecular complexity index is 621. The number of amidine groups is 1. The van der Waals surface area contributed by atoms with Crippen LogP contribution >= 0.6 is 0 Å². The molecule has 0 radical (unpaired) electrons. The van der Waals surface area contributed by atoms with Gasteiger partial charge in [0.1, 0.15) is 12.4 Å². The zero-order valence-electron chi connectivity index (χ0n) is 9.24. The monoisotopic (exact) mass is 244 g/mol. The van der Waals surface area contributed by atoms with E-state index in [1.165, 1.54) is 23.2 Å². The summed E-state index contributed by atoms with van der Waals surface area (Å²) in [6.45, 7) is 0.426. The van der Waals surface area contributed by atoms with Gasteiger partial charge in [-0.15, -0.1) is 0 Å². The number of rotatable bonds is 1. The zero-order valence-corrected chi connectivity index (χ0v) is 9.24. The maximum atomic E-state index is 11.8. The van der Waals surface area contributed by atoms with E-state index < -0.39 is 4.92 Å². The van der Waals surface area contributed by atoms with Crippen LogP contribution < -0.4 is 4.90 Å². The number of nitro benzene ring substituents is 1. The van der Waals surface area contributed by atoms with E-state index in [1.807, 2.05) is 0 Å². The molecule has 90 valence electrons. The van der Waals surface area contributed by atoms with E-state index in [0.29, 0.717) is 23.6 Å². The molecule has 1 aromatic carbocycles. The van der Waals surface area contributed by atoms with Crippen molar-refractivity contribution in [2.75, 3.05) is 18.0 Å². The van der Waals surface area contributed by atoms with Gasteiger partial charge >= 0.3 is 0 Å². The topological polar surface area (TPSA) is 88.2 Å². The first-order valence-electron chi connectivity index (χ1n) is 5.31. The van der Waals surface area contributed by atoms with E-state index in [-0.39, 0.29) is 18.1 Å². The fourth-order valence-electron chi connectivity index (χ4n) is 2.03. The molecular formula is C11H8N4O3. The molecular weight excluding hydrogens is 236 g/mol. The van der Waals surface area contributed by atoms with Crippen molar-refractivity contribution in [3.05, 3.63) is 33.9 Å². The Kier molecular flexibility index (Phi) is 2.19. The number of anilines is 1. The van der Waals surface area contributed by atoms with Crippen LogP contribution in [0.5, 0.6) is 0 Å². The number of fused-ring (bicyclic) bond motifs is 3. The smallest absolute Gasteiger partial charge is 0.270 e. The number of non-ortho nitro benzene ring substituents is 1. The molecule has 0 unspecified atom stereocenters. The van der Waals surface area contributed by atoms with Crippen LogP contribution in [0.4, 0.5) is 11.4 Å². The molecule has 0 saturated carbocycles. The predicted octanol–water partition coefficient (Wildman–Crippen LogP) is 0.772. The molecule has 0 aromatic heterocycles. The summed E-state index contributed by atoms with van der Waals surface area (Å²) in [7, 11) is 0. The van der Waals surface area contributed by atoms with E-state index in [4.69, 9.17) is 0 Å². The minimum absolute atomic E-state index is 0.0211. The molecule has 0 spiro atoms. The summed E-state index contributed by atoms with van der Waals surface area (Å²) in [5, 5.41) is 10.7. The Labute approximate surface area is 102 Å². The van der Waals surface area contributed by atoms with E-state index in [1.54, 1.807) is 6.07 Å². The number of amides is 1. The van der Waals surface area contributed by atoms with Crippen LogP contribution in [0, 0.1) is 10.1 Å². The van der Waals surface area contributed by atoms with E-state index in [0.717, 1.165) is 0 Å². The average Bonchev–Trinajstić information content (AvgIpc) is 2.61. The van der Waals surface area contributed by atoms with E-state index >= 15 is 0 Å². The number of nitro groups is 1. The molecule has 18 heavy (non-hydrogen) atoms. The van der Waals surface area contributed by atoms with Crippen LogP contribution in [0.15, 0.2) is 28.2 Å². The van der Waals surface area contributed by atoms with Crippen LogP contribution in [0.25, 0.3) is 0 Å². The molecule has 0 aliphatic carbocycles. The van der Waals surface area contributed by atoms with Gasteiger partial charge in [0.25, 0.3) is 11.6 Å². The molecule has 0 N–H and O–H groups in total. The predicted molar refractivity (Wildman–Crippen MR) is 65.3 cm³/mol. The quantitative estimate of drug-likeness (QED) is 0.540. The van der Waals surface area contributed by atoms with Crippen molar-refractivity contribution in [3.63, 3.8) is 0 Å². The largest absolute Gasteiger partial charge is 0.284 e. The van der Waals surface area contributed by atoms with Crippen LogP contribution in [0.2, 0.25) is 0 Å². The molecule has 1 amide bonds. The highest BCUT2D eigenvalue weighted by Crippen LogP contribution is 2.28. The number of nitrogens with zero attached hydrogens (tertiary/aromatic N) is 4. The highest BCUT2D eigenvalue weighted by atomic mass is 16.6. The minimum Gasteiger partial charge on any atom is -0.284 e. The second-order valence-corrected chi connectivity index (χ2v) is 3.93. The summed E-state index contributed by atoms with van der Waals surface area (Å²) in [6, 6.07) is 4.35. The molecule has 7 heteroatoms. The lowest BCUT2D eigenvalue weighted by atomic mass is 10.1. The molecule has 0 atom stereocenters. The lowest BCUT2D eigenvalue weighted by Crippen LogP contribution is -2.33.